The van der Waals surface area contributed by atoms with Gasteiger partial charge in [0.2, 0.25) is 0 Å². The number of aromatic nitrogens is 7. The summed E-state index contributed by atoms with van der Waals surface area (Å²) < 4.78 is 5.46. The molecule has 0 aliphatic rings. The van der Waals surface area contributed by atoms with Crippen molar-refractivity contribution in [2.45, 2.75) is 78.6 Å². The van der Waals surface area contributed by atoms with E-state index >= 15 is 0 Å². The van der Waals surface area contributed by atoms with Crippen molar-refractivity contribution in [3.05, 3.63) is 144 Å². The molecule has 10 heteroatoms. The third kappa shape index (κ3) is 7.55. The van der Waals surface area contributed by atoms with Crippen molar-refractivity contribution >= 4 is 49.3 Å². The Morgan fingerprint density at radius 2 is 1.32 bits per heavy atom. The molecule has 0 radical (unpaired) electrons. The van der Waals surface area contributed by atoms with Crippen LogP contribution < -0.4 is 0 Å². The summed E-state index contributed by atoms with van der Waals surface area (Å²) in [6, 6.07) is 43.0. The first-order valence-corrected chi connectivity index (χ1v) is 21.8. The average molecular weight is 1030 g/mol. The molecule has 8 nitrogen and oxygen atoms in total. The number of hydrogen-bond donors (Lipinski definition) is 1. The summed E-state index contributed by atoms with van der Waals surface area (Å²) in [6.07, 6.45) is 1.81. The summed E-state index contributed by atoms with van der Waals surface area (Å²) in [6.45, 7) is 19.8. The molecule has 10 rings (SSSR count). The van der Waals surface area contributed by atoms with E-state index in [4.69, 9.17) is 24.9 Å². The Balaban J connectivity index is 0.00000504. The van der Waals surface area contributed by atoms with E-state index < -0.39 is 0 Å². The number of aromatic hydroxyl groups is 1. The first-order valence-electron chi connectivity index (χ1n) is 21.1. The zero-order valence-electron chi connectivity index (χ0n) is 36.8. The van der Waals surface area contributed by atoms with Gasteiger partial charge in [0.05, 0.1) is 43.7 Å². The molecule has 0 aliphatic carbocycles. The number of imidazole rings is 2. The van der Waals surface area contributed by atoms with Crippen LogP contribution in [0.25, 0.3) is 88.6 Å². The number of fused-ring (bicyclic) bond motifs is 6. The van der Waals surface area contributed by atoms with Crippen molar-refractivity contribution < 1.29 is 26.2 Å². The second kappa shape index (κ2) is 15.4. The van der Waals surface area contributed by atoms with Gasteiger partial charge in [-0.2, -0.15) is 0 Å². The fourth-order valence-electron chi connectivity index (χ4n) is 8.08. The maximum Gasteiger partial charge on any atom is 0.156 e. The number of phenols is 1. The smallest absolute Gasteiger partial charge is 0.156 e. The second-order valence-corrected chi connectivity index (χ2v) is 20.3. The molecule has 0 saturated heterocycles. The quantitative estimate of drug-likeness (QED) is 0.173. The van der Waals surface area contributed by atoms with Crippen LogP contribution in [0.2, 0.25) is 0 Å². The predicted octanol–water partition coefficient (Wildman–Crippen LogP) is 13.3. The molecule has 63 heavy (non-hydrogen) atoms. The Hall–Kier alpha value is -6.02. The molecule has 0 atom stereocenters. The van der Waals surface area contributed by atoms with Crippen molar-refractivity contribution in [2.75, 3.05) is 0 Å². The summed E-state index contributed by atoms with van der Waals surface area (Å²) in [7, 11) is 0. The molecule has 10 aromatic rings. The standard InChI is InChI=1S/C53H48N7OS.Pt/c1-51(2,3)34-20-22-35(23-21-34)59-41-18-14-16-36(47(41)58-49(59)38-28-42-40(29-43(38)61)55-50-37-15-10-11-19-44(37)62-60(42)50)31-25-32(39-17-12-13-24-54-39)27-33(26-31)48-56-45(52(4,5)6)30-46(57-48)53(7,8)9;/h10-24,26-30,61H,1-9H3;/q-1;. The monoisotopic (exact) mass is 1030 g/mol. The predicted molar refractivity (Wildman–Crippen MR) is 254 cm³/mol. The molecule has 0 aliphatic heterocycles. The van der Waals surface area contributed by atoms with E-state index in [2.05, 4.69) is 150 Å². The number of hydrogen-bond acceptors (Lipinski definition) is 7. The third-order valence-corrected chi connectivity index (χ3v) is 12.7. The van der Waals surface area contributed by atoms with E-state index in [1.54, 1.807) is 23.8 Å². The molecule has 0 unspecified atom stereocenters. The van der Waals surface area contributed by atoms with Crippen LogP contribution in [0.3, 0.4) is 0 Å². The van der Waals surface area contributed by atoms with E-state index in [9.17, 15) is 5.11 Å². The van der Waals surface area contributed by atoms with Crippen molar-refractivity contribution in [3.63, 3.8) is 0 Å². The Kier molecular flexibility index (Phi) is 10.3. The van der Waals surface area contributed by atoms with Crippen LogP contribution in [0.1, 0.15) is 79.3 Å². The normalized spacial score (nSPS) is 12.5. The van der Waals surface area contributed by atoms with Gasteiger partial charge < -0.3 is 5.11 Å². The molecule has 318 valence electrons. The summed E-state index contributed by atoms with van der Waals surface area (Å²) in [4.78, 5) is 25.6. The van der Waals surface area contributed by atoms with Gasteiger partial charge in [0.15, 0.2) is 5.65 Å². The van der Waals surface area contributed by atoms with E-state index in [0.29, 0.717) is 17.2 Å². The van der Waals surface area contributed by atoms with Crippen LogP contribution in [-0.4, -0.2) is 38.4 Å². The van der Waals surface area contributed by atoms with Gasteiger partial charge in [-0.25, -0.2) is 23.7 Å². The van der Waals surface area contributed by atoms with Crippen LogP contribution in [0, 0.1) is 6.07 Å². The minimum Gasteiger partial charge on any atom is -0.507 e. The van der Waals surface area contributed by atoms with Gasteiger partial charge in [-0.1, -0.05) is 134 Å². The third-order valence-electron chi connectivity index (χ3n) is 11.6. The summed E-state index contributed by atoms with van der Waals surface area (Å²) in [5, 5.41) is 13.0. The van der Waals surface area contributed by atoms with Gasteiger partial charge in [-0.05, 0) is 65.1 Å². The molecule has 5 heterocycles. The molecule has 1 N–H and O–H groups in total. The van der Waals surface area contributed by atoms with Crippen LogP contribution in [0.15, 0.2) is 121 Å². The second-order valence-electron chi connectivity index (χ2n) is 19.3. The molecule has 0 fully saturated rings. The Morgan fingerprint density at radius 1 is 0.619 bits per heavy atom. The Labute approximate surface area is 386 Å². The van der Waals surface area contributed by atoms with E-state index in [1.807, 2.05) is 36.4 Å². The fraction of sp³-hybridized carbons (Fsp3) is 0.226. The number of benzene rings is 5. The van der Waals surface area contributed by atoms with Gasteiger partial charge in [0.25, 0.3) is 0 Å². The van der Waals surface area contributed by atoms with Crippen LogP contribution in [-0.2, 0) is 37.3 Å². The molecule has 0 amide bonds. The number of para-hydroxylation sites is 1. The zero-order valence-corrected chi connectivity index (χ0v) is 39.9. The molecule has 0 spiro atoms. The van der Waals surface area contributed by atoms with E-state index in [0.717, 1.165) is 82.8 Å². The molecular formula is C53H48N7OPtS-. The maximum atomic E-state index is 11.9. The summed E-state index contributed by atoms with van der Waals surface area (Å²) in [5.74, 6) is 1.37. The van der Waals surface area contributed by atoms with Crippen LogP contribution in [0.4, 0.5) is 0 Å². The minimum absolute atomic E-state index is 0. The number of nitrogens with zero attached hydrogens (tertiary/aromatic N) is 7. The molecule has 0 bridgehead atoms. The van der Waals surface area contributed by atoms with Gasteiger partial charge in [-0.15, -0.1) is 23.8 Å². The topological polar surface area (TPSA) is 94.0 Å². The van der Waals surface area contributed by atoms with Crippen molar-refractivity contribution in [1.29, 1.82) is 0 Å². The SMILES string of the molecule is CC(C)(C)c1ccc(-n2c(-c3cc4c(cc3O)nc3c5ccccc5sn43)nc3c(-c4[c-]c(-c5ccccn5)cc(-c5nc(C(C)(C)C)cc(C(C)(C)C)n5)c4)cccc32)cc1.[Pt]. The summed E-state index contributed by atoms with van der Waals surface area (Å²) >= 11 is 1.65. The van der Waals surface area contributed by atoms with Gasteiger partial charge >= 0.3 is 0 Å². The van der Waals surface area contributed by atoms with Crippen molar-refractivity contribution in [2.24, 2.45) is 0 Å². The van der Waals surface area contributed by atoms with E-state index in [1.165, 1.54) is 5.56 Å². The average Bonchev–Trinajstić information content (AvgIpc) is 3.92. The van der Waals surface area contributed by atoms with Gasteiger partial charge in [0.1, 0.15) is 17.4 Å². The number of pyridine rings is 1. The van der Waals surface area contributed by atoms with E-state index in [-0.39, 0.29) is 43.1 Å². The molecule has 0 saturated carbocycles. The number of phenolic OH excluding ortho intramolecular Hbond substituents is 1. The molecular weight excluding hydrogens is 978 g/mol. The fourth-order valence-corrected chi connectivity index (χ4v) is 9.14. The first-order chi connectivity index (χ1) is 29.5. The largest absolute Gasteiger partial charge is 0.507 e. The van der Waals surface area contributed by atoms with Gasteiger partial charge in [0, 0.05) is 60.9 Å². The summed E-state index contributed by atoms with van der Waals surface area (Å²) in [5.41, 5.74) is 12.7. The Bertz CT molecular complexity index is 3330. The maximum absolute atomic E-state index is 11.9. The minimum atomic E-state index is -0.195. The first kappa shape index (κ1) is 42.3. The molecule has 5 aromatic carbocycles. The zero-order chi connectivity index (χ0) is 43.3. The van der Waals surface area contributed by atoms with Crippen molar-refractivity contribution in [1.82, 2.24) is 33.3 Å². The van der Waals surface area contributed by atoms with Crippen molar-refractivity contribution in [3.8, 4) is 56.6 Å². The molecule has 5 aromatic heterocycles. The van der Waals surface area contributed by atoms with Crippen LogP contribution >= 0.6 is 11.5 Å². The van der Waals surface area contributed by atoms with Crippen LogP contribution in [0.5, 0.6) is 5.75 Å². The van der Waals surface area contributed by atoms with Gasteiger partial charge in [-0.3, -0.25) is 9.55 Å². The Morgan fingerprint density at radius 3 is 2.00 bits per heavy atom. The number of rotatable bonds is 5.